The monoisotopic (exact) mass is 172 g/mol. The second kappa shape index (κ2) is 3.35. The van der Waals surface area contributed by atoms with Crippen molar-refractivity contribution in [1.29, 1.82) is 0 Å². The first-order chi connectivity index (χ1) is 5.45. The normalized spacial score (nSPS) is 35.5. The van der Waals surface area contributed by atoms with Crippen LogP contribution < -0.4 is 0 Å². The summed E-state index contributed by atoms with van der Waals surface area (Å²) in [6.07, 6.45) is 0.675. The van der Waals surface area contributed by atoms with Gasteiger partial charge in [0.25, 0.3) is 0 Å². The van der Waals surface area contributed by atoms with Gasteiger partial charge in [-0.2, -0.15) is 0 Å². The second-order valence-corrected chi connectivity index (χ2v) is 4.59. The Kier molecular flexibility index (Phi) is 2.79. The number of aliphatic hydroxyl groups excluding tert-OH is 1. The van der Waals surface area contributed by atoms with E-state index >= 15 is 0 Å². The van der Waals surface area contributed by atoms with Crippen LogP contribution in [0.3, 0.4) is 0 Å². The smallest absolute Gasteiger partial charge is 0.0887 e. The molecule has 2 nitrogen and oxygen atoms in total. The van der Waals surface area contributed by atoms with Gasteiger partial charge in [-0.1, -0.05) is 13.8 Å². The van der Waals surface area contributed by atoms with Crippen LogP contribution in [0, 0.1) is 11.8 Å². The molecule has 2 heteroatoms. The third-order valence-electron chi connectivity index (χ3n) is 2.90. The average Bonchev–Trinajstić information content (AvgIpc) is 1.94. The Morgan fingerprint density at radius 3 is 2.42 bits per heavy atom. The quantitative estimate of drug-likeness (QED) is 0.653. The SMILES string of the molecule is CC(C)C1CCOC(C)(C)C1O. The van der Waals surface area contributed by atoms with Gasteiger partial charge in [0.2, 0.25) is 0 Å². The van der Waals surface area contributed by atoms with Gasteiger partial charge in [-0.3, -0.25) is 0 Å². The van der Waals surface area contributed by atoms with Crippen molar-refractivity contribution in [2.75, 3.05) is 6.61 Å². The maximum absolute atomic E-state index is 9.94. The van der Waals surface area contributed by atoms with Crippen LogP contribution >= 0.6 is 0 Å². The molecule has 1 heterocycles. The summed E-state index contributed by atoms with van der Waals surface area (Å²) in [5, 5.41) is 9.94. The van der Waals surface area contributed by atoms with E-state index in [0.29, 0.717) is 11.8 Å². The third-order valence-corrected chi connectivity index (χ3v) is 2.90. The lowest BCUT2D eigenvalue weighted by atomic mass is 9.78. The van der Waals surface area contributed by atoms with Crippen LogP contribution in [0.1, 0.15) is 34.1 Å². The molecule has 0 bridgehead atoms. The number of rotatable bonds is 1. The van der Waals surface area contributed by atoms with Gasteiger partial charge < -0.3 is 9.84 Å². The first-order valence-electron chi connectivity index (χ1n) is 4.77. The molecular formula is C10H20O2. The molecule has 1 N–H and O–H groups in total. The molecule has 2 atom stereocenters. The van der Waals surface area contributed by atoms with E-state index in [1.165, 1.54) is 0 Å². The maximum atomic E-state index is 9.94. The lowest BCUT2D eigenvalue weighted by molar-refractivity contribution is -0.166. The minimum absolute atomic E-state index is 0.314. The van der Waals surface area contributed by atoms with Gasteiger partial charge in [0.05, 0.1) is 11.7 Å². The van der Waals surface area contributed by atoms with Crippen molar-refractivity contribution in [2.45, 2.75) is 45.8 Å². The summed E-state index contributed by atoms with van der Waals surface area (Å²) >= 11 is 0. The average molecular weight is 172 g/mol. The molecule has 12 heavy (non-hydrogen) atoms. The molecule has 1 fully saturated rings. The molecule has 1 aliphatic rings. The van der Waals surface area contributed by atoms with Crippen molar-refractivity contribution < 1.29 is 9.84 Å². The van der Waals surface area contributed by atoms with Crippen molar-refractivity contribution in [3.8, 4) is 0 Å². The van der Waals surface area contributed by atoms with Crippen molar-refractivity contribution in [1.82, 2.24) is 0 Å². The van der Waals surface area contributed by atoms with Crippen LogP contribution in [-0.4, -0.2) is 23.4 Å². The van der Waals surface area contributed by atoms with Crippen LogP contribution in [0.4, 0.5) is 0 Å². The zero-order chi connectivity index (χ0) is 9.35. The summed E-state index contributed by atoms with van der Waals surface area (Å²) in [6.45, 7) is 9.04. The Morgan fingerprint density at radius 1 is 1.42 bits per heavy atom. The van der Waals surface area contributed by atoms with E-state index in [2.05, 4.69) is 13.8 Å². The standard InChI is InChI=1S/C10H20O2/c1-7(2)8-5-6-12-10(3,4)9(8)11/h7-9,11H,5-6H2,1-4H3. The number of hydrogen-bond donors (Lipinski definition) is 1. The Balaban J connectivity index is 2.66. The number of aliphatic hydroxyl groups is 1. The highest BCUT2D eigenvalue weighted by Crippen LogP contribution is 2.33. The summed E-state index contributed by atoms with van der Waals surface area (Å²) in [6, 6.07) is 0. The van der Waals surface area contributed by atoms with Gasteiger partial charge in [-0.05, 0) is 32.1 Å². The number of ether oxygens (including phenoxy) is 1. The highest BCUT2D eigenvalue weighted by atomic mass is 16.5. The molecule has 0 aromatic rings. The van der Waals surface area contributed by atoms with Gasteiger partial charge in [-0.15, -0.1) is 0 Å². The van der Waals surface area contributed by atoms with Crippen LogP contribution in [-0.2, 0) is 4.74 Å². The Hall–Kier alpha value is -0.0800. The van der Waals surface area contributed by atoms with Crippen LogP contribution in [0.15, 0.2) is 0 Å². The molecule has 0 saturated carbocycles. The predicted octanol–water partition coefficient (Wildman–Crippen LogP) is 1.82. The van der Waals surface area contributed by atoms with Crippen LogP contribution in [0.2, 0.25) is 0 Å². The lowest BCUT2D eigenvalue weighted by Crippen LogP contribution is -2.49. The second-order valence-electron chi connectivity index (χ2n) is 4.59. The van der Waals surface area contributed by atoms with Gasteiger partial charge in [0, 0.05) is 6.61 Å². The summed E-state index contributed by atoms with van der Waals surface area (Å²) in [7, 11) is 0. The van der Waals surface area contributed by atoms with E-state index in [0.717, 1.165) is 13.0 Å². The topological polar surface area (TPSA) is 29.5 Å². The molecule has 2 unspecified atom stereocenters. The molecule has 1 rings (SSSR count). The van der Waals surface area contributed by atoms with Crippen LogP contribution in [0.25, 0.3) is 0 Å². The van der Waals surface area contributed by atoms with Gasteiger partial charge in [-0.25, -0.2) is 0 Å². The van der Waals surface area contributed by atoms with E-state index in [4.69, 9.17) is 4.74 Å². The molecule has 1 saturated heterocycles. The van der Waals surface area contributed by atoms with Gasteiger partial charge in [0.15, 0.2) is 0 Å². The molecule has 0 aromatic heterocycles. The fourth-order valence-corrected chi connectivity index (χ4v) is 1.91. The Bertz CT molecular complexity index is 152. The van der Waals surface area contributed by atoms with Crippen molar-refractivity contribution in [3.63, 3.8) is 0 Å². The summed E-state index contributed by atoms with van der Waals surface area (Å²) in [5.74, 6) is 0.942. The minimum atomic E-state index is -0.354. The van der Waals surface area contributed by atoms with Crippen molar-refractivity contribution in [2.24, 2.45) is 11.8 Å². The molecule has 1 aliphatic heterocycles. The summed E-state index contributed by atoms with van der Waals surface area (Å²) in [4.78, 5) is 0. The summed E-state index contributed by atoms with van der Waals surface area (Å²) in [5.41, 5.74) is -0.354. The first-order valence-corrected chi connectivity index (χ1v) is 4.77. The molecular weight excluding hydrogens is 152 g/mol. The molecule has 0 aliphatic carbocycles. The lowest BCUT2D eigenvalue weighted by Gasteiger charge is -2.42. The van der Waals surface area contributed by atoms with Gasteiger partial charge >= 0.3 is 0 Å². The molecule has 0 amide bonds. The van der Waals surface area contributed by atoms with E-state index in [9.17, 15) is 5.11 Å². The fraction of sp³-hybridized carbons (Fsp3) is 1.00. The highest BCUT2D eigenvalue weighted by Gasteiger charge is 2.39. The predicted molar refractivity (Wildman–Crippen MR) is 49.0 cm³/mol. The molecule has 0 aromatic carbocycles. The largest absolute Gasteiger partial charge is 0.390 e. The van der Waals surface area contributed by atoms with E-state index in [-0.39, 0.29) is 11.7 Å². The van der Waals surface area contributed by atoms with E-state index in [1.807, 2.05) is 13.8 Å². The van der Waals surface area contributed by atoms with Crippen LogP contribution in [0.5, 0.6) is 0 Å². The van der Waals surface area contributed by atoms with E-state index in [1.54, 1.807) is 0 Å². The minimum Gasteiger partial charge on any atom is -0.390 e. The molecule has 0 spiro atoms. The highest BCUT2D eigenvalue weighted by molar-refractivity contribution is 4.89. The first kappa shape index (κ1) is 10.0. The molecule has 0 radical (unpaired) electrons. The van der Waals surface area contributed by atoms with Gasteiger partial charge in [0.1, 0.15) is 0 Å². The van der Waals surface area contributed by atoms with Crippen molar-refractivity contribution in [3.05, 3.63) is 0 Å². The number of hydrogen-bond acceptors (Lipinski definition) is 2. The fourth-order valence-electron chi connectivity index (χ4n) is 1.91. The zero-order valence-electron chi connectivity index (χ0n) is 8.50. The Labute approximate surface area is 74.9 Å². The Morgan fingerprint density at radius 2 is 2.00 bits per heavy atom. The third kappa shape index (κ3) is 1.80. The summed E-state index contributed by atoms with van der Waals surface area (Å²) < 4.78 is 5.51. The zero-order valence-corrected chi connectivity index (χ0v) is 8.50. The van der Waals surface area contributed by atoms with E-state index < -0.39 is 0 Å². The van der Waals surface area contributed by atoms with Crippen molar-refractivity contribution >= 4 is 0 Å². The molecule has 72 valence electrons. The maximum Gasteiger partial charge on any atom is 0.0887 e.